The van der Waals surface area contributed by atoms with Crippen LogP contribution in [-0.4, -0.2) is 27.9 Å². The second-order valence-electron chi connectivity index (χ2n) is 5.71. The van der Waals surface area contributed by atoms with Crippen LogP contribution >= 0.6 is 35.2 Å². The number of alkyl halides is 3. The van der Waals surface area contributed by atoms with Gasteiger partial charge >= 0.3 is 6.18 Å². The third kappa shape index (κ3) is 3.32. The lowest BCUT2D eigenvalue weighted by atomic mass is 9.79. The number of thiocarbonyl (C=S) groups is 1. The van der Waals surface area contributed by atoms with Gasteiger partial charge in [0.05, 0.1) is 10.9 Å². The number of thiophene rings is 1. The highest BCUT2D eigenvalue weighted by molar-refractivity contribution is 7.80. The Bertz CT molecular complexity index is 827. The average molecular weight is 421 g/mol. The predicted molar refractivity (Wildman–Crippen MR) is 96.2 cm³/mol. The van der Waals surface area contributed by atoms with Gasteiger partial charge in [-0.1, -0.05) is 29.8 Å². The number of halogens is 4. The summed E-state index contributed by atoms with van der Waals surface area (Å²) in [5.74, 6) is -2.74. The van der Waals surface area contributed by atoms with Crippen molar-refractivity contribution < 1.29 is 23.1 Å². The second kappa shape index (κ2) is 6.80. The van der Waals surface area contributed by atoms with E-state index in [1.807, 2.05) is 5.32 Å². The molecule has 1 aromatic heterocycles. The Morgan fingerprint density at radius 3 is 2.46 bits per heavy atom. The fourth-order valence-corrected chi connectivity index (χ4v) is 3.97. The van der Waals surface area contributed by atoms with E-state index in [2.05, 4.69) is 5.32 Å². The average Bonchev–Trinajstić information content (AvgIpc) is 3.08. The van der Waals surface area contributed by atoms with Crippen molar-refractivity contribution >= 4 is 46.1 Å². The van der Waals surface area contributed by atoms with Crippen LogP contribution in [0.2, 0.25) is 5.02 Å². The molecule has 4 nitrogen and oxygen atoms in total. The van der Waals surface area contributed by atoms with Crippen molar-refractivity contribution in [2.75, 3.05) is 0 Å². The molecule has 0 spiro atoms. The van der Waals surface area contributed by atoms with Crippen molar-refractivity contribution in [2.45, 2.75) is 17.9 Å². The van der Waals surface area contributed by atoms with Crippen LogP contribution in [0.25, 0.3) is 0 Å². The van der Waals surface area contributed by atoms with E-state index in [0.29, 0.717) is 10.6 Å². The maximum absolute atomic E-state index is 13.7. The molecule has 0 aliphatic carbocycles. The highest BCUT2D eigenvalue weighted by atomic mass is 35.5. The molecule has 1 aromatic carbocycles. The molecule has 3 rings (SSSR count). The van der Waals surface area contributed by atoms with E-state index in [-0.39, 0.29) is 4.88 Å². The molecule has 1 aliphatic heterocycles. The van der Waals surface area contributed by atoms with Crippen LogP contribution in [0.5, 0.6) is 0 Å². The number of hydrogen-bond acceptors (Lipinski definition) is 4. The molecule has 1 saturated heterocycles. The topological polar surface area (TPSA) is 61.4 Å². The predicted octanol–water partition coefficient (Wildman–Crippen LogP) is 3.67. The smallest absolute Gasteiger partial charge is 0.363 e. The highest BCUT2D eigenvalue weighted by Crippen LogP contribution is 2.44. The van der Waals surface area contributed by atoms with Crippen molar-refractivity contribution in [3.05, 3.63) is 57.2 Å². The lowest BCUT2D eigenvalue weighted by Crippen LogP contribution is -2.72. The fourth-order valence-electron chi connectivity index (χ4n) is 2.86. The molecular weight excluding hydrogens is 409 g/mol. The number of aliphatic hydroxyl groups is 1. The summed E-state index contributed by atoms with van der Waals surface area (Å²) in [7, 11) is 0. The first-order valence-electron chi connectivity index (χ1n) is 7.34. The number of hydrogen-bond donors (Lipinski definition) is 3. The molecule has 26 heavy (non-hydrogen) atoms. The van der Waals surface area contributed by atoms with Gasteiger partial charge in [0.2, 0.25) is 5.72 Å². The van der Waals surface area contributed by atoms with Gasteiger partial charge in [0, 0.05) is 5.02 Å². The number of nitrogens with one attached hydrogen (secondary N) is 2. The van der Waals surface area contributed by atoms with Crippen molar-refractivity contribution in [1.82, 2.24) is 10.6 Å². The summed E-state index contributed by atoms with van der Waals surface area (Å²) in [6.07, 6.45) is -5.14. The molecule has 138 valence electrons. The quantitative estimate of drug-likeness (QED) is 0.522. The van der Waals surface area contributed by atoms with E-state index in [4.69, 9.17) is 23.8 Å². The number of ketones is 1. The molecule has 0 unspecified atom stereocenters. The summed E-state index contributed by atoms with van der Waals surface area (Å²) in [5.41, 5.74) is -3.17. The van der Waals surface area contributed by atoms with Gasteiger partial charge in [0.1, 0.15) is 5.92 Å². The first-order chi connectivity index (χ1) is 12.1. The van der Waals surface area contributed by atoms with Crippen LogP contribution in [0.4, 0.5) is 13.2 Å². The Labute approximate surface area is 161 Å². The summed E-state index contributed by atoms with van der Waals surface area (Å²) in [5, 5.41) is 16.6. The fraction of sp³-hybridized carbons (Fsp3) is 0.250. The van der Waals surface area contributed by atoms with E-state index in [1.54, 1.807) is 11.4 Å². The standard InChI is InChI=1S/C16H12ClF3N2O2S2/c17-9-5-3-8(4-6-9)12-11(13(23)10-2-1-7-26-10)15(24,16(18,19)20)22-14(25)21-12/h1-7,11-12,24H,(H2,21,22,25)/t11-,12-,15-/m1/s1. The zero-order valence-electron chi connectivity index (χ0n) is 12.9. The van der Waals surface area contributed by atoms with Crippen LogP contribution in [0.15, 0.2) is 41.8 Å². The monoisotopic (exact) mass is 420 g/mol. The van der Waals surface area contributed by atoms with Gasteiger partial charge in [-0.25, -0.2) is 0 Å². The Balaban J connectivity index is 2.14. The number of carbonyl (C=O) groups is 1. The number of Topliss-reactive ketones (excluding diaryl/α,β-unsaturated/α-hetero) is 1. The molecule has 3 atom stereocenters. The van der Waals surface area contributed by atoms with E-state index in [1.165, 1.54) is 30.3 Å². The van der Waals surface area contributed by atoms with Crippen LogP contribution in [-0.2, 0) is 0 Å². The van der Waals surface area contributed by atoms with Crippen LogP contribution < -0.4 is 10.6 Å². The summed E-state index contributed by atoms with van der Waals surface area (Å²) in [4.78, 5) is 13.0. The molecule has 0 amide bonds. The van der Waals surface area contributed by atoms with E-state index in [9.17, 15) is 23.1 Å². The van der Waals surface area contributed by atoms with Crippen molar-refractivity contribution in [1.29, 1.82) is 0 Å². The zero-order chi connectivity index (χ0) is 19.1. The van der Waals surface area contributed by atoms with Gasteiger partial charge in [0.25, 0.3) is 0 Å². The molecule has 3 N–H and O–H groups in total. The lowest BCUT2D eigenvalue weighted by molar-refractivity contribution is -0.285. The van der Waals surface area contributed by atoms with Gasteiger partial charge in [-0.05, 0) is 41.4 Å². The number of rotatable bonds is 3. The van der Waals surface area contributed by atoms with Crippen molar-refractivity contribution in [3.8, 4) is 0 Å². The summed E-state index contributed by atoms with van der Waals surface area (Å²) < 4.78 is 41.2. The Morgan fingerprint density at radius 1 is 1.27 bits per heavy atom. The molecule has 1 aliphatic rings. The molecule has 0 radical (unpaired) electrons. The largest absolute Gasteiger partial charge is 0.437 e. The lowest BCUT2D eigenvalue weighted by Gasteiger charge is -2.46. The maximum atomic E-state index is 13.7. The third-order valence-electron chi connectivity index (χ3n) is 4.08. The summed E-state index contributed by atoms with van der Waals surface area (Å²) in [6, 6.07) is 7.72. The number of carbonyl (C=O) groups excluding carboxylic acids is 1. The Hall–Kier alpha value is -1.68. The normalized spacial score (nSPS) is 26.1. The minimum Gasteiger partial charge on any atom is -0.363 e. The molecule has 0 bridgehead atoms. The molecule has 2 heterocycles. The SMILES string of the molecule is O=C(c1cccs1)[C@H]1[C@@H](c2ccc(Cl)cc2)NC(=S)N[C@]1(O)C(F)(F)F. The molecular formula is C16H12ClF3N2O2S2. The van der Waals surface area contributed by atoms with Crippen LogP contribution in [0.1, 0.15) is 21.3 Å². The maximum Gasteiger partial charge on any atom is 0.437 e. The summed E-state index contributed by atoms with van der Waals surface area (Å²) >= 11 is 11.7. The van der Waals surface area contributed by atoms with E-state index < -0.39 is 34.8 Å². The second-order valence-corrected chi connectivity index (χ2v) is 7.50. The van der Waals surface area contributed by atoms with Crippen LogP contribution in [0.3, 0.4) is 0 Å². The first kappa shape index (κ1) is 19.1. The van der Waals surface area contributed by atoms with Gasteiger partial charge in [-0.2, -0.15) is 13.2 Å². The van der Waals surface area contributed by atoms with Crippen molar-refractivity contribution in [2.24, 2.45) is 5.92 Å². The minimum atomic E-state index is -5.14. The minimum absolute atomic E-state index is 0.105. The third-order valence-corrected chi connectivity index (χ3v) is 5.44. The highest BCUT2D eigenvalue weighted by Gasteiger charge is 2.65. The Morgan fingerprint density at radius 2 is 1.92 bits per heavy atom. The van der Waals surface area contributed by atoms with Gasteiger partial charge < -0.3 is 15.7 Å². The molecule has 10 heteroatoms. The Kier molecular flexibility index (Phi) is 5.00. The van der Waals surface area contributed by atoms with Gasteiger partial charge in [-0.15, -0.1) is 11.3 Å². The van der Waals surface area contributed by atoms with Gasteiger partial charge in [0.15, 0.2) is 10.9 Å². The number of benzene rings is 1. The van der Waals surface area contributed by atoms with Crippen LogP contribution in [0, 0.1) is 5.92 Å². The van der Waals surface area contributed by atoms with E-state index in [0.717, 1.165) is 11.3 Å². The van der Waals surface area contributed by atoms with Crippen molar-refractivity contribution in [3.63, 3.8) is 0 Å². The molecule has 0 saturated carbocycles. The van der Waals surface area contributed by atoms with Gasteiger partial charge in [-0.3, -0.25) is 4.79 Å². The van der Waals surface area contributed by atoms with E-state index >= 15 is 0 Å². The summed E-state index contributed by atoms with van der Waals surface area (Å²) in [6.45, 7) is 0. The molecule has 1 fully saturated rings. The first-order valence-corrected chi connectivity index (χ1v) is 9.01. The molecule has 2 aromatic rings. The zero-order valence-corrected chi connectivity index (χ0v) is 15.3.